The summed E-state index contributed by atoms with van der Waals surface area (Å²) in [5.41, 5.74) is 6.58. The zero-order chi connectivity index (χ0) is 15.3. The van der Waals surface area contributed by atoms with E-state index in [1.54, 1.807) is 39.2 Å². The minimum atomic E-state index is -0.291. The first-order chi connectivity index (χ1) is 9.40. The van der Waals surface area contributed by atoms with Gasteiger partial charge in [-0.3, -0.25) is 9.59 Å². The molecule has 20 heavy (non-hydrogen) atoms. The Morgan fingerprint density at radius 3 is 2.65 bits per heavy atom. The highest BCUT2D eigenvalue weighted by Crippen LogP contribution is 2.22. The molecule has 1 aromatic carbocycles. The molecule has 0 saturated carbocycles. The van der Waals surface area contributed by atoms with Crippen LogP contribution in [0.25, 0.3) is 0 Å². The number of nitrogens with one attached hydrogen (secondary N) is 1. The maximum atomic E-state index is 12.4. The number of nitrogens with two attached hydrogens (primary N) is 1. The van der Waals surface area contributed by atoms with Gasteiger partial charge in [0.2, 0.25) is 5.91 Å². The van der Waals surface area contributed by atoms with Crippen molar-refractivity contribution in [2.24, 2.45) is 5.92 Å². The highest BCUT2D eigenvalue weighted by molar-refractivity contribution is 5.98. The Bertz CT molecular complexity index is 502. The second-order valence-corrected chi connectivity index (χ2v) is 4.66. The number of anilines is 1. The number of methoxy groups -OCH3 is 1. The number of hydrogen-bond donors (Lipinski definition) is 2. The van der Waals surface area contributed by atoms with Gasteiger partial charge in [0.15, 0.2) is 0 Å². The van der Waals surface area contributed by atoms with Crippen LogP contribution in [0.4, 0.5) is 5.69 Å². The summed E-state index contributed by atoms with van der Waals surface area (Å²) in [5.74, 6) is -0.168. The maximum Gasteiger partial charge on any atom is 0.257 e. The molecule has 6 nitrogen and oxygen atoms in total. The van der Waals surface area contributed by atoms with E-state index in [1.165, 1.54) is 12.0 Å². The Morgan fingerprint density at radius 2 is 2.10 bits per heavy atom. The Labute approximate surface area is 118 Å². The van der Waals surface area contributed by atoms with Gasteiger partial charge >= 0.3 is 0 Å². The zero-order valence-corrected chi connectivity index (χ0v) is 12.3. The lowest BCUT2D eigenvalue weighted by Gasteiger charge is -2.22. The lowest BCUT2D eigenvalue weighted by atomic mass is 10.1. The molecule has 0 radical (unpaired) electrons. The number of rotatable bonds is 5. The number of carbonyl (C=O) groups is 2. The summed E-state index contributed by atoms with van der Waals surface area (Å²) < 4.78 is 5.16. The van der Waals surface area contributed by atoms with Crippen molar-refractivity contribution in [3.8, 4) is 5.75 Å². The first-order valence-corrected chi connectivity index (χ1v) is 6.31. The summed E-state index contributed by atoms with van der Waals surface area (Å²) in [5, 5.41) is 2.56. The van der Waals surface area contributed by atoms with Gasteiger partial charge in [-0.1, -0.05) is 6.92 Å². The van der Waals surface area contributed by atoms with E-state index in [1.807, 2.05) is 0 Å². The van der Waals surface area contributed by atoms with Gasteiger partial charge in [0, 0.05) is 26.3 Å². The maximum absolute atomic E-state index is 12.4. The smallest absolute Gasteiger partial charge is 0.257 e. The minimum Gasteiger partial charge on any atom is -0.496 e. The minimum absolute atomic E-state index is 0.107. The fraction of sp³-hybridized carbons (Fsp3) is 0.429. The molecule has 1 atom stereocenters. The molecular weight excluding hydrogens is 258 g/mol. The predicted molar refractivity (Wildman–Crippen MR) is 77.6 cm³/mol. The van der Waals surface area contributed by atoms with Gasteiger partial charge in [-0.05, 0) is 18.2 Å². The van der Waals surface area contributed by atoms with Gasteiger partial charge in [-0.25, -0.2) is 0 Å². The van der Waals surface area contributed by atoms with Gasteiger partial charge in [-0.2, -0.15) is 0 Å². The number of amides is 2. The molecule has 0 aliphatic rings. The second kappa shape index (κ2) is 6.79. The van der Waals surface area contributed by atoms with Crippen molar-refractivity contribution in [3.63, 3.8) is 0 Å². The normalized spacial score (nSPS) is 11.6. The molecule has 1 aromatic rings. The van der Waals surface area contributed by atoms with Crippen LogP contribution >= 0.6 is 0 Å². The molecule has 0 aliphatic heterocycles. The topological polar surface area (TPSA) is 84.7 Å². The van der Waals surface area contributed by atoms with E-state index in [2.05, 4.69) is 5.32 Å². The monoisotopic (exact) mass is 279 g/mol. The molecule has 1 unspecified atom stereocenters. The average Bonchev–Trinajstić information content (AvgIpc) is 2.45. The van der Waals surface area contributed by atoms with E-state index < -0.39 is 0 Å². The van der Waals surface area contributed by atoms with Crippen LogP contribution in [0.2, 0.25) is 0 Å². The third kappa shape index (κ3) is 3.63. The molecule has 3 N–H and O–H groups in total. The summed E-state index contributed by atoms with van der Waals surface area (Å²) >= 11 is 0. The van der Waals surface area contributed by atoms with Gasteiger partial charge in [0.1, 0.15) is 5.75 Å². The first-order valence-electron chi connectivity index (χ1n) is 6.31. The summed E-state index contributed by atoms with van der Waals surface area (Å²) in [4.78, 5) is 25.4. The molecule has 0 aromatic heterocycles. The molecular formula is C14H21N3O3. The summed E-state index contributed by atoms with van der Waals surface area (Å²) in [6.07, 6.45) is 0. The first kappa shape index (κ1) is 15.8. The van der Waals surface area contributed by atoms with E-state index in [4.69, 9.17) is 10.5 Å². The van der Waals surface area contributed by atoms with Crippen molar-refractivity contribution in [2.45, 2.75) is 6.92 Å². The van der Waals surface area contributed by atoms with E-state index in [0.29, 0.717) is 23.5 Å². The number of benzene rings is 1. The van der Waals surface area contributed by atoms with Crippen molar-refractivity contribution >= 4 is 17.5 Å². The summed E-state index contributed by atoms with van der Waals surface area (Å²) in [6.45, 7) is 2.08. The van der Waals surface area contributed by atoms with Crippen LogP contribution in [0.5, 0.6) is 5.75 Å². The lowest BCUT2D eigenvalue weighted by molar-refractivity contribution is -0.124. The number of nitrogen functional groups attached to an aromatic ring is 1. The van der Waals surface area contributed by atoms with Crippen molar-refractivity contribution in [1.82, 2.24) is 10.2 Å². The van der Waals surface area contributed by atoms with Crippen LogP contribution in [0, 0.1) is 5.92 Å². The van der Waals surface area contributed by atoms with Crippen LogP contribution in [-0.4, -0.2) is 44.5 Å². The van der Waals surface area contributed by atoms with Gasteiger partial charge < -0.3 is 20.7 Å². The van der Waals surface area contributed by atoms with Crippen molar-refractivity contribution in [1.29, 1.82) is 0 Å². The van der Waals surface area contributed by atoms with E-state index in [-0.39, 0.29) is 17.7 Å². The van der Waals surface area contributed by atoms with Crippen molar-refractivity contribution in [3.05, 3.63) is 23.8 Å². The largest absolute Gasteiger partial charge is 0.496 e. The van der Waals surface area contributed by atoms with Gasteiger partial charge in [-0.15, -0.1) is 0 Å². The highest BCUT2D eigenvalue weighted by Gasteiger charge is 2.21. The standard InChI is InChI=1S/C14H21N3O3/c1-9(13(18)16-2)8-17(3)14(19)11-7-10(15)5-6-12(11)20-4/h5-7,9H,8,15H2,1-4H3,(H,16,18). The average molecular weight is 279 g/mol. The van der Waals surface area contributed by atoms with Crippen LogP contribution in [0.1, 0.15) is 17.3 Å². The molecule has 6 heteroatoms. The Morgan fingerprint density at radius 1 is 1.45 bits per heavy atom. The number of nitrogens with zero attached hydrogens (tertiary/aromatic N) is 1. The molecule has 110 valence electrons. The zero-order valence-electron chi connectivity index (χ0n) is 12.3. The van der Waals surface area contributed by atoms with Gasteiger partial charge in [0.25, 0.3) is 5.91 Å². The van der Waals surface area contributed by atoms with Crippen molar-refractivity contribution in [2.75, 3.05) is 33.5 Å². The Kier molecular flexibility index (Phi) is 5.37. The van der Waals surface area contributed by atoms with E-state index in [0.717, 1.165) is 0 Å². The van der Waals surface area contributed by atoms with Crippen LogP contribution in [0.3, 0.4) is 0 Å². The molecule has 0 saturated heterocycles. The Hall–Kier alpha value is -2.24. The van der Waals surface area contributed by atoms with Crippen LogP contribution in [-0.2, 0) is 4.79 Å². The van der Waals surface area contributed by atoms with E-state index in [9.17, 15) is 9.59 Å². The highest BCUT2D eigenvalue weighted by atomic mass is 16.5. The summed E-state index contributed by atoms with van der Waals surface area (Å²) in [6, 6.07) is 4.89. The predicted octanol–water partition coefficient (Wildman–Crippen LogP) is 0.732. The Balaban J connectivity index is 2.89. The quantitative estimate of drug-likeness (QED) is 0.778. The molecule has 0 spiro atoms. The fourth-order valence-corrected chi connectivity index (χ4v) is 1.92. The third-order valence-corrected chi connectivity index (χ3v) is 3.04. The number of ether oxygens (including phenoxy) is 1. The molecule has 0 heterocycles. The molecule has 0 bridgehead atoms. The SMILES string of the molecule is CNC(=O)C(C)CN(C)C(=O)c1cc(N)ccc1OC. The lowest BCUT2D eigenvalue weighted by Crippen LogP contribution is -2.37. The number of carbonyl (C=O) groups excluding carboxylic acids is 2. The summed E-state index contributed by atoms with van der Waals surface area (Å²) in [7, 11) is 4.71. The molecule has 0 aliphatic carbocycles. The second-order valence-electron chi connectivity index (χ2n) is 4.66. The molecule has 0 fully saturated rings. The molecule has 2 amide bonds. The van der Waals surface area contributed by atoms with Crippen LogP contribution in [0.15, 0.2) is 18.2 Å². The fourth-order valence-electron chi connectivity index (χ4n) is 1.92. The number of hydrogen-bond acceptors (Lipinski definition) is 4. The van der Waals surface area contributed by atoms with Crippen LogP contribution < -0.4 is 15.8 Å². The van der Waals surface area contributed by atoms with E-state index >= 15 is 0 Å². The molecule has 1 rings (SSSR count). The van der Waals surface area contributed by atoms with Gasteiger partial charge in [0.05, 0.1) is 18.6 Å². The van der Waals surface area contributed by atoms with Crippen molar-refractivity contribution < 1.29 is 14.3 Å². The third-order valence-electron chi connectivity index (χ3n) is 3.04.